The molecule has 2 rings (SSSR count). The third-order valence-electron chi connectivity index (χ3n) is 3.25. The van der Waals surface area contributed by atoms with Gasteiger partial charge in [0.25, 0.3) is 0 Å². The van der Waals surface area contributed by atoms with Crippen molar-refractivity contribution in [2.45, 2.75) is 26.3 Å². The quantitative estimate of drug-likeness (QED) is 0.652. The van der Waals surface area contributed by atoms with Crippen LogP contribution >= 0.6 is 11.6 Å². The highest BCUT2D eigenvalue weighted by molar-refractivity contribution is 7.91. The van der Waals surface area contributed by atoms with E-state index in [1.807, 2.05) is 0 Å². The number of hydrogen-bond acceptors (Lipinski definition) is 6. The average Bonchev–Trinajstić information content (AvgIpc) is 2.92. The number of nitrogens with zero attached hydrogens (tertiary/aromatic N) is 3. The molecule has 0 bridgehead atoms. The molecule has 1 atom stereocenters. The SMILES string of the molecule is CCOC(=O)N/N=C\c1c(C)nn([C@@H]2CCS(=O)(=O)C2)c1Cl. The molecule has 8 nitrogen and oxygen atoms in total. The number of rotatable bonds is 4. The lowest BCUT2D eigenvalue weighted by molar-refractivity contribution is 0.152. The molecule has 1 aliphatic rings. The number of hydrogen-bond donors (Lipinski definition) is 1. The van der Waals surface area contributed by atoms with Crippen LogP contribution in [0.3, 0.4) is 0 Å². The Morgan fingerprint density at radius 2 is 2.36 bits per heavy atom. The first kappa shape index (κ1) is 16.8. The Hall–Kier alpha value is -1.61. The normalized spacial score (nSPS) is 20.4. The molecular weight excluding hydrogens is 332 g/mol. The highest BCUT2D eigenvalue weighted by Gasteiger charge is 2.31. The summed E-state index contributed by atoms with van der Waals surface area (Å²) in [4.78, 5) is 11.1. The number of nitrogens with one attached hydrogen (secondary N) is 1. The Morgan fingerprint density at radius 3 is 2.95 bits per heavy atom. The van der Waals surface area contributed by atoms with Crippen LogP contribution in [-0.2, 0) is 14.6 Å². The van der Waals surface area contributed by atoms with E-state index in [-0.39, 0.29) is 24.2 Å². The molecule has 0 spiro atoms. The van der Waals surface area contributed by atoms with Gasteiger partial charge in [-0.3, -0.25) is 0 Å². The minimum Gasteiger partial charge on any atom is -0.449 e. The summed E-state index contributed by atoms with van der Waals surface area (Å²) in [7, 11) is -3.03. The maximum atomic E-state index is 11.6. The van der Waals surface area contributed by atoms with Crippen LogP contribution in [0.15, 0.2) is 5.10 Å². The van der Waals surface area contributed by atoms with Gasteiger partial charge in [-0.25, -0.2) is 23.3 Å². The highest BCUT2D eigenvalue weighted by atomic mass is 35.5. The molecule has 1 aromatic rings. The molecule has 1 fully saturated rings. The van der Waals surface area contributed by atoms with E-state index < -0.39 is 15.9 Å². The molecule has 22 heavy (non-hydrogen) atoms. The smallest absolute Gasteiger partial charge is 0.427 e. The summed E-state index contributed by atoms with van der Waals surface area (Å²) < 4.78 is 29.3. The van der Waals surface area contributed by atoms with Crippen molar-refractivity contribution >= 4 is 33.7 Å². The summed E-state index contributed by atoms with van der Waals surface area (Å²) in [6, 6.07) is -0.267. The van der Waals surface area contributed by atoms with Gasteiger partial charge in [0, 0.05) is 0 Å². The number of carbonyl (C=O) groups excluding carboxylic acids is 1. The summed E-state index contributed by atoms with van der Waals surface area (Å²) in [5, 5.41) is 8.32. The molecule has 2 heterocycles. The van der Waals surface area contributed by atoms with E-state index in [9.17, 15) is 13.2 Å². The molecule has 0 saturated carbocycles. The van der Waals surface area contributed by atoms with Crippen molar-refractivity contribution in [2.24, 2.45) is 5.10 Å². The van der Waals surface area contributed by atoms with Crippen LogP contribution in [0.4, 0.5) is 4.79 Å². The Labute approximate surface area is 133 Å². The van der Waals surface area contributed by atoms with Crippen LogP contribution in [0.1, 0.15) is 30.6 Å². The second kappa shape index (κ2) is 6.66. The number of amides is 1. The van der Waals surface area contributed by atoms with Crippen molar-refractivity contribution < 1.29 is 17.9 Å². The Morgan fingerprint density at radius 1 is 1.64 bits per heavy atom. The molecule has 0 radical (unpaired) electrons. The summed E-state index contributed by atoms with van der Waals surface area (Å²) in [5.41, 5.74) is 3.33. The van der Waals surface area contributed by atoms with Crippen molar-refractivity contribution in [2.75, 3.05) is 18.1 Å². The van der Waals surface area contributed by atoms with E-state index >= 15 is 0 Å². The van der Waals surface area contributed by atoms with Gasteiger partial charge in [0.2, 0.25) is 0 Å². The maximum Gasteiger partial charge on any atom is 0.427 e. The Kier molecular flexibility index (Phi) is 5.07. The first-order chi connectivity index (χ1) is 10.3. The summed E-state index contributed by atoms with van der Waals surface area (Å²) in [6.45, 7) is 3.66. The molecule has 1 N–H and O–H groups in total. The average molecular weight is 349 g/mol. The molecule has 1 amide bonds. The van der Waals surface area contributed by atoms with Gasteiger partial charge in [-0.2, -0.15) is 10.2 Å². The van der Waals surface area contributed by atoms with Crippen LogP contribution in [0.2, 0.25) is 5.15 Å². The van der Waals surface area contributed by atoms with Crippen molar-refractivity contribution in [3.05, 3.63) is 16.4 Å². The minimum atomic E-state index is -3.03. The van der Waals surface area contributed by atoms with Gasteiger partial charge in [-0.1, -0.05) is 11.6 Å². The molecule has 0 unspecified atom stereocenters. The first-order valence-corrected chi connectivity index (χ1v) is 8.95. The second-order valence-electron chi connectivity index (χ2n) is 4.88. The summed E-state index contributed by atoms with van der Waals surface area (Å²) in [5.74, 6) is 0.173. The first-order valence-electron chi connectivity index (χ1n) is 6.75. The standard InChI is InChI=1S/C12H17ClN4O4S/c1-3-21-12(18)15-14-6-10-8(2)16-17(11(10)13)9-4-5-22(19,20)7-9/h6,9H,3-5,7H2,1-2H3,(H,15,18)/b14-6-/t9-/m1/s1. The predicted octanol–water partition coefficient (Wildman–Crippen LogP) is 1.28. The van der Waals surface area contributed by atoms with Gasteiger partial charge >= 0.3 is 6.09 Å². The van der Waals surface area contributed by atoms with Crippen molar-refractivity contribution in [1.29, 1.82) is 0 Å². The zero-order valence-corrected chi connectivity index (χ0v) is 13.8. The third kappa shape index (κ3) is 3.77. The molecule has 1 saturated heterocycles. The molecule has 122 valence electrons. The van der Waals surface area contributed by atoms with Crippen LogP contribution in [0.5, 0.6) is 0 Å². The zero-order valence-electron chi connectivity index (χ0n) is 12.2. The topological polar surface area (TPSA) is 103 Å². The zero-order chi connectivity index (χ0) is 16.3. The van der Waals surface area contributed by atoms with E-state index in [1.165, 1.54) is 10.9 Å². The molecule has 1 aliphatic heterocycles. The van der Waals surface area contributed by atoms with Gasteiger partial charge in [0.1, 0.15) is 5.15 Å². The van der Waals surface area contributed by atoms with E-state index in [1.54, 1.807) is 13.8 Å². The molecule has 0 aromatic carbocycles. The number of hydrazone groups is 1. The van der Waals surface area contributed by atoms with Crippen LogP contribution in [0, 0.1) is 6.92 Å². The van der Waals surface area contributed by atoms with E-state index in [4.69, 9.17) is 11.6 Å². The van der Waals surface area contributed by atoms with Crippen LogP contribution in [0.25, 0.3) is 0 Å². The summed E-state index contributed by atoms with van der Waals surface area (Å²) in [6.07, 6.45) is 1.18. The fourth-order valence-corrected chi connectivity index (χ4v) is 4.26. The second-order valence-corrected chi connectivity index (χ2v) is 7.47. The Bertz CT molecular complexity index is 698. The number of halogens is 1. The van der Waals surface area contributed by atoms with Crippen molar-refractivity contribution in [3.8, 4) is 0 Å². The largest absolute Gasteiger partial charge is 0.449 e. The lowest BCUT2D eigenvalue weighted by Crippen LogP contribution is -2.18. The van der Waals surface area contributed by atoms with Crippen molar-refractivity contribution in [3.63, 3.8) is 0 Å². The maximum absolute atomic E-state index is 11.6. The number of ether oxygens (including phenoxy) is 1. The Balaban J connectivity index is 2.14. The number of carbonyl (C=O) groups is 1. The third-order valence-corrected chi connectivity index (χ3v) is 5.38. The number of aromatic nitrogens is 2. The fraction of sp³-hybridized carbons (Fsp3) is 0.583. The van der Waals surface area contributed by atoms with E-state index in [2.05, 4.69) is 20.4 Å². The van der Waals surface area contributed by atoms with Gasteiger partial charge in [-0.15, -0.1) is 0 Å². The molecule has 1 aromatic heterocycles. The highest BCUT2D eigenvalue weighted by Crippen LogP contribution is 2.29. The lowest BCUT2D eigenvalue weighted by atomic mass is 10.2. The fourth-order valence-electron chi connectivity index (χ4n) is 2.20. The van der Waals surface area contributed by atoms with Crippen molar-refractivity contribution in [1.82, 2.24) is 15.2 Å². The summed E-state index contributed by atoms with van der Waals surface area (Å²) >= 11 is 6.25. The van der Waals surface area contributed by atoms with Gasteiger partial charge in [0.15, 0.2) is 9.84 Å². The van der Waals surface area contributed by atoms with E-state index in [0.29, 0.717) is 22.8 Å². The number of sulfone groups is 1. The lowest BCUT2D eigenvalue weighted by Gasteiger charge is -2.09. The monoisotopic (exact) mass is 348 g/mol. The number of aryl methyl sites for hydroxylation is 1. The molecular formula is C12H17ClN4O4S. The predicted molar refractivity (Wildman–Crippen MR) is 82.0 cm³/mol. The van der Waals surface area contributed by atoms with Crippen LogP contribution in [-0.4, -0.2) is 48.6 Å². The van der Waals surface area contributed by atoms with Gasteiger partial charge < -0.3 is 4.74 Å². The van der Waals surface area contributed by atoms with E-state index in [0.717, 1.165) is 0 Å². The van der Waals surface area contributed by atoms with Crippen LogP contribution < -0.4 is 5.43 Å². The van der Waals surface area contributed by atoms with Gasteiger partial charge in [-0.05, 0) is 20.3 Å². The molecule has 10 heteroatoms. The molecule has 0 aliphatic carbocycles. The van der Waals surface area contributed by atoms with Gasteiger partial charge in [0.05, 0.1) is 41.6 Å². The minimum absolute atomic E-state index is 0.0332.